The van der Waals surface area contributed by atoms with Crippen LogP contribution in [-0.2, 0) is 11.2 Å². The number of thioether (sulfide) groups is 1. The number of unbranched alkanes of at least 4 members (excludes halogenated alkanes) is 1. The number of hydrogen-bond acceptors (Lipinski definition) is 7. The molecule has 0 aliphatic heterocycles. The van der Waals surface area contributed by atoms with E-state index in [9.17, 15) is 4.79 Å². The first-order chi connectivity index (χ1) is 11.7. The van der Waals surface area contributed by atoms with Crippen molar-refractivity contribution in [2.24, 2.45) is 0 Å². The molecule has 0 fully saturated rings. The van der Waals surface area contributed by atoms with Crippen molar-refractivity contribution in [3.05, 3.63) is 23.8 Å². The Morgan fingerprint density at radius 2 is 2.04 bits per heavy atom. The summed E-state index contributed by atoms with van der Waals surface area (Å²) in [5.41, 5.74) is 0.840. The van der Waals surface area contributed by atoms with Gasteiger partial charge in [0.15, 0.2) is 15.8 Å². The lowest BCUT2D eigenvalue weighted by Gasteiger charge is -2.09. The highest BCUT2D eigenvalue weighted by atomic mass is 32.2. The van der Waals surface area contributed by atoms with E-state index in [0.29, 0.717) is 16.6 Å². The van der Waals surface area contributed by atoms with Crippen LogP contribution in [0.1, 0.15) is 25.3 Å². The molecule has 2 rings (SSSR count). The summed E-state index contributed by atoms with van der Waals surface area (Å²) in [7, 11) is 3.15. The first kappa shape index (κ1) is 18.5. The number of rotatable bonds is 9. The zero-order valence-corrected chi connectivity index (χ0v) is 15.6. The van der Waals surface area contributed by atoms with Crippen LogP contribution >= 0.6 is 23.1 Å². The smallest absolute Gasteiger partial charge is 0.230 e. The van der Waals surface area contributed by atoms with E-state index in [2.05, 4.69) is 22.4 Å². The van der Waals surface area contributed by atoms with Gasteiger partial charge in [0.2, 0.25) is 11.0 Å². The van der Waals surface area contributed by atoms with Gasteiger partial charge in [-0.15, -0.1) is 10.2 Å². The number of nitrogens with zero attached hydrogens (tertiary/aromatic N) is 2. The second kappa shape index (κ2) is 9.48. The summed E-state index contributed by atoms with van der Waals surface area (Å²) in [6.07, 6.45) is 2.53. The summed E-state index contributed by atoms with van der Waals surface area (Å²) < 4.78 is 11.3. The molecule has 1 N–H and O–H groups in total. The zero-order valence-electron chi connectivity index (χ0n) is 14.0. The van der Waals surface area contributed by atoms with Crippen molar-refractivity contribution in [1.82, 2.24) is 10.2 Å². The summed E-state index contributed by atoms with van der Waals surface area (Å²) in [5, 5.41) is 11.4. The lowest BCUT2D eigenvalue weighted by Crippen LogP contribution is -2.14. The van der Waals surface area contributed by atoms with Crippen molar-refractivity contribution >= 4 is 34.1 Å². The number of hydrogen-bond donors (Lipinski definition) is 1. The highest BCUT2D eigenvalue weighted by Crippen LogP contribution is 2.28. The van der Waals surface area contributed by atoms with Gasteiger partial charge in [-0.2, -0.15) is 0 Å². The topological polar surface area (TPSA) is 73.3 Å². The number of ether oxygens (including phenoxy) is 2. The van der Waals surface area contributed by atoms with E-state index < -0.39 is 0 Å². The van der Waals surface area contributed by atoms with E-state index in [1.54, 1.807) is 38.1 Å². The van der Waals surface area contributed by atoms with Gasteiger partial charge in [-0.1, -0.05) is 42.5 Å². The number of nitrogens with one attached hydrogen (secondary N) is 1. The third kappa shape index (κ3) is 5.38. The van der Waals surface area contributed by atoms with Crippen LogP contribution in [0.3, 0.4) is 0 Å². The quantitative estimate of drug-likeness (QED) is 0.414. The normalized spacial score (nSPS) is 10.5. The third-order valence-electron chi connectivity index (χ3n) is 3.19. The lowest BCUT2D eigenvalue weighted by molar-refractivity contribution is -0.115. The van der Waals surface area contributed by atoms with Gasteiger partial charge in [0.25, 0.3) is 0 Å². The molecule has 6 nitrogen and oxygen atoms in total. The van der Waals surface area contributed by atoms with Gasteiger partial charge in [0.05, 0.1) is 20.6 Å². The van der Waals surface area contributed by atoms with Crippen molar-refractivity contribution in [3.63, 3.8) is 0 Å². The minimum absolute atomic E-state index is 0.136. The molecule has 0 radical (unpaired) electrons. The predicted molar refractivity (Wildman–Crippen MR) is 97.4 cm³/mol. The maximum Gasteiger partial charge on any atom is 0.230 e. The first-order valence-corrected chi connectivity index (χ1v) is 9.43. The molecular weight excluding hydrogens is 346 g/mol. The summed E-state index contributed by atoms with van der Waals surface area (Å²) in [4.78, 5) is 12.2. The van der Waals surface area contributed by atoms with Crippen LogP contribution in [0.4, 0.5) is 5.13 Å². The SMILES string of the molecule is CCCCSc1nnc(NC(=O)Cc2ccc(OC)c(OC)c2)s1. The fourth-order valence-corrected chi connectivity index (χ4v) is 3.88. The Morgan fingerprint density at radius 1 is 1.25 bits per heavy atom. The van der Waals surface area contributed by atoms with Crippen LogP contribution in [0.15, 0.2) is 22.5 Å². The molecule has 0 bridgehead atoms. The average molecular weight is 367 g/mol. The molecule has 1 amide bonds. The standard InChI is InChI=1S/C16H21N3O3S2/c1-4-5-8-23-16-19-18-15(24-16)17-14(20)10-11-6-7-12(21-2)13(9-11)22-3/h6-7,9H,4-5,8,10H2,1-3H3,(H,17,18,20). The molecule has 0 saturated heterocycles. The van der Waals surface area contributed by atoms with E-state index >= 15 is 0 Å². The monoisotopic (exact) mass is 367 g/mol. The number of benzene rings is 1. The fourth-order valence-electron chi connectivity index (χ4n) is 1.96. The largest absolute Gasteiger partial charge is 0.493 e. The predicted octanol–water partition coefficient (Wildman–Crippen LogP) is 3.63. The van der Waals surface area contributed by atoms with Crippen molar-refractivity contribution in [1.29, 1.82) is 0 Å². The van der Waals surface area contributed by atoms with Gasteiger partial charge in [-0.05, 0) is 24.1 Å². The second-order valence-electron chi connectivity index (χ2n) is 4.99. The Labute approximate surface area is 150 Å². The van der Waals surface area contributed by atoms with Crippen LogP contribution in [0.25, 0.3) is 0 Å². The lowest BCUT2D eigenvalue weighted by atomic mass is 10.1. The molecule has 0 spiro atoms. The van der Waals surface area contributed by atoms with E-state index in [4.69, 9.17) is 9.47 Å². The molecule has 0 aliphatic carbocycles. The van der Waals surface area contributed by atoms with Gasteiger partial charge >= 0.3 is 0 Å². The molecule has 24 heavy (non-hydrogen) atoms. The Bertz CT molecular complexity index is 676. The van der Waals surface area contributed by atoms with E-state index in [1.165, 1.54) is 11.3 Å². The van der Waals surface area contributed by atoms with Crippen LogP contribution in [0, 0.1) is 0 Å². The van der Waals surface area contributed by atoms with E-state index in [0.717, 1.165) is 28.5 Å². The Morgan fingerprint density at radius 3 is 2.75 bits per heavy atom. The summed E-state index contributed by atoms with van der Waals surface area (Å²) in [5.74, 6) is 2.13. The fraction of sp³-hybridized carbons (Fsp3) is 0.438. The third-order valence-corrected chi connectivity index (χ3v) is 5.25. The van der Waals surface area contributed by atoms with Crippen molar-refractivity contribution in [2.75, 3.05) is 25.3 Å². The molecule has 2 aromatic rings. The second-order valence-corrected chi connectivity index (χ2v) is 7.31. The zero-order chi connectivity index (χ0) is 17.4. The maximum atomic E-state index is 12.2. The molecule has 1 heterocycles. The van der Waals surface area contributed by atoms with Crippen LogP contribution < -0.4 is 14.8 Å². The van der Waals surface area contributed by atoms with Gasteiger partial charge in [-0.3, -0.25) is 4.79 Å². The Balaban J connectivity index is 1.91. The first-order valence-electron chi connectivity index (χ1n) is 7.63. The number of anilines is 1. The maximum absolute atomic E-state index is 12.2. The van der Waals surface area contributed by atoms with Crippen molar-refractivity contribution < 1.29 is 14.3 Å². The van der Waals surface area contributed by atoms with Crippen LogP contribution in [-0.4, -0.2) is 36.1 Å². The Kier molecular flexibility index (Phi) is 7.33. The van der Waals surface area contributed by atoms with Gasteiger partial charge < -0.3 is 14.8 Å². The molecule has 0 atom stereocenters. The summed E-state index contributed by atoms with van der Waals surface area (Å²) >= 11 is 3.07. The average Bonchev–Trinajstić information content (AvgIpc) is 3.02. The Hall–Kier alpha value is -1.80. The molecule has 1 aromatic carbocycles. The number of methoxy groups -OCH3 is 2. The van der Waals surface area contributed by atoms with Crippen LogP contribution in [0.2, 0.25) is 0 Å². The number of aromatic nitrogens is 2. The van der Waals surface area contributed by atoms with Gasteiger partial charge in [0.1, 0.15) is 0 Å². The van der Waals surface area contributed by atoms with Crippen molar-refractivity contribution in [2.45, 2.75) is 30.5 Å². The number of amides is 1. The molecular formula is C16H21N3O3S2. The molecule has 0 aliphatic rings. The summed E-state index contributed by atoms with van der Waals surface area (Å²) in [6.45, 7) is 2.15. The number of carbonyl (C=O) groups excluding carboxylic acids is 1. The molecule has 0 saturated carbocycles. The van der Waals surface area contributed by atoms with Gasteiger partial charge in [0, 0.05) is 5.75 Å². The summed E-state index contributed by atoms with van der Waals surface area (Å²) in [6, 6.07) is 5.42. The minimum atomic E-state index is -0.136. The van der Waals surface area contributed by atoms with Gasteiger partial charge in [-0.25, -0.2) is 0 Å². The van der Waals surface area contributed by atoms with Crippen molar-refractivity contribution in [3.8, 4) is 11.5 Å². The highest BCUT2D eigenvalue weighted by Gasteiger charge is 2.11. The molecule has 0 unspecified atom stereocenters. The molecule has 130 valence electrons. The molecule has 1 aromatic heterocycles. The highest BCUT2D eigenvalue weighted by molar-refractivity contribution is 8.01. The minimum Gasteiger partial charge on any atom is -0.493 e. The molecule has 8 heteroatoms. The van der Waals surface area contributed by atoms with E-state index in [-0.39, 0.29) is 12.3 Å². The number of carbonyl (C=O) groups is 1. The van der Waals surface area contributed by atoms with E-state index in [1.807, 2.05) is 6.07 Å². The van der Waals surface area contributed by atoms with Crippen LogP contribution in [0.5, 0.6) is 11.5 Å².